The summed E-state index contributed by atoms with van der Waals surface area (Å²) in [7, 11) is 1.58. The molecule has 0 aliphatic carbocycles. The SMILES string of the molecule is COc1cc(CNCC(O)CO)cc2c1OCCO2. The maximum absolute atomic E-state index is 9.25. The van der Waals surface area contributed by atoms with Crippen molar-refractivity contribution in [3.8, 4) is 17.2 Å². The quantitative estimate of drug-likeness (QED) is 0.670. The maximum atomic E-state index is 9.25. The lowest BCUT2D eigenvalue weighted by Gasteiger charge is -2.21. The number of hydrogen-bond donors (Lipinski definition) is 3. The second kappa shape index (κ2) is 6.60. The van der Waals surface area contributed by atoms with E-state index in [2.05, 4.69) is 5.32 Å². The van der Waals surface area contributed by atoms with E-state index in [9.17, 15) is 5.11 Å². The molecule has 1 aromatic carbocycles. The number of fused-ring (bicyclic) bond motifs is 1. The number of aliphatic hydroxyl groups excluding tert-OH is 2. The fraction of sp³-hybridized carbons (Fsp3) is 0.538. The Morgan fingerprint density at radius 1 is 1.37 bits per heavy atom. The molecule has 0 saturated heterocycles. The van der Waals surface area contributed by atoms with Crippen LogP contribution in [0.4, 0.5) is 0 Å². The van der Waals surface area contributed by atoms with E-state index in [0.717, 1.165) is 5.56 Å². The van der Waals surface area contributed by atoms with E-state index in [-0.39, 0.29) is 6.61 Å². The van der Waals surface area contributed by atoms with E-state index in [4.69, 9.17) is 19.3 Å². The number of hydrogen-bond acceptors (Lipinski definition) is 6. The van der Waals surface area contributed by atoms with Crippen molar-refractivity contribution in [2.75, 3.05) is 33.5 Å². The average Bonchev–Trinajstić information content (AvgIpc) is 2.46. The van der Waals surface area contributed by atoms with Crippen molar-refractivity contribution in [3.63, 3.8) is 0 Å². The van der Waals surface area contributed by atoms with Crippen LogP contribution in [0.5, 0.6) is 17.2 Å². The first-order chi connectivity index (χ1) is 9.24. The van der Waals surface area contributed by atoms with Gasteiger partial charge in [-0.3, -0.25) is 0 Å². The van der Waals surface area contributed by atoms with Crippen molar-refractivity contribution in [1.29, 1.82) is 0 Å². The van der Waals surface area contributed by atoms with Gasteiger partial charge in [-0.05, 0) is 17.7 Å². The van der Waals surface area contributed by atoms with Gasteiger partial charge in [0.2, 0.25) is 5.75 Å². The molecular formula is C13H19NO5. The Hall–Kier alpha value is -1.50. The monoisotopic (exact) mass is 269 g/mol. The normalized spacial score (nSPS) is 15.1. The van der Waals surface area contributed by atoms with Gasteiger partial charge < -0.3 is 29.7 Å². The molecule has 0 spiro atoms. The van der Waals surface area contributed by atoms with E-state index in [0.29, 0.717) is 43.6 Å². The van der Waals surface area contributed by atoms with Crippen LogP contribution in [0.2, 0.25) is 0 Å². The Morgan fingerprint density at radius 2 is 2.16 bits per heavy atom. The van der Waals surface area contributed by atoms with Crippen molar-refractivity contribution in [2.45, 2.75) is 12.6 Å². The predicted molar refractivity (Wildman–Crippen MR) is 68.8 cm³/mol. The lowest BCUT2D eigenvalue weighted by molar-refractivity contribution is 0.0942. The molecule has 0 radical (unpaired) electrons. The summed E-state index contributed by atoms with van der Waals surface area (Å²) < 4.78 is 16.3. The molecule has 0 aromatic heterocycles. The Bertz CT molecular complexity index is 406. The predicted octanol–water partition coefficient (Wildman–Crippen LogP) is -0.0908. The summed E-state index contributed by atoms with van der Waals surface area (Å²) in [6.45, 7) is 1.66. The van der Waals surface area contributed by atoms with Crippen molar-refractivity contribution < 1.29 is 24.4 Å². The molecule has 2 rings (SSSR count). The summed E-state index contributed by atoms with van der Waals surface area (Å²) in [6.07, 6.45) is -0.751. The molecule has 19 heavy (non-hydrogen) atoms. The van der Waals surface area contributed by atoms with Crippen molar-refractivity contribution in [3.05, 3.63) is 17.7 Å². The van der Waals surface area contributed by atoms with Gasteiger partial charge in [-0.1, -0.05) is 0 Å². The molecule has 6 heteroatoms. The van der Waals surface area contributed by atoms with Gasteiger partial charge in [-0.2, -0.15) is 0 Å². The zero-order valence-electron chi connectivity index (χ0n) is 10.9. The fourth-order valence-corrected chi connectivity index (χ4v) is 1.88. The number of benzene rings is 1. The third kappa shape index (κ3) is 3.50. The van der Waals surface area contributed by atoms with E-state index in [1.807, 2.05) is 12.1 Å². The van der Waals surface area contributed by atoms with Gasteiger partial charge in [0.05, 0.1) is 19.8 Å². The molecule has 1 unspecified atom stereocenters. The molecule has 6 nitrogen and oxygen atoms in total. The molecule has 0 amide bonds. The third-order valence-electron chi connectivity index (χ3n) is 2.81. The summed E-state index contributed by atoms with van der Waals surface area (Å²) in [5.41, 5.74) is 0.964. The number of aliphatic hydroxyl groups is 2. The molecule has 1 aromatic rings. The largest absolute Gasteiger partial charge is 0.493 e. The molecule has 1 aliphatic rings. The first-order valence-corrected chi connectivity index (χ1v) is 6.20. The van der Waals surface area contributed by atoms with E-state index in [1.165, 1.54) is 0 Å². The Labute approximate surface area is 111 Å². The van der Waals surface area contributed by atoms with Crippen LogP contribution < -0.4 is 19.5 Å². The number of nitrogens with one attached hydrogen (secondary N) is 1. The molecule has 0 saturated carbocycles. The van der Waals surface area contributed by atoms with Crippen LogP contribution in [0.25, 0.3) is 0 Å². The number of methoxy groups -OCH3 is 1. The summed E-state index contributed by atoms with van der Waals surface area (Å²) in [5, 5.41) is 21.0. The summed E-state index contributed by atoms with van der Waals surface area (Å²) in [5.74, 6) is 1.94. The topological polar surface area (TPSA) is 80.2 Å². The van der Waals surface area contributed by atoms with Crippen LogP contribution in [-0.4, -0.2) is 49.8 Å². The number of ether oxygens (including phenoxy) is 3. The first kappa shape index (κ1) is 13.9. The highest BCUT2D eigenvalue weighted by Crippen LogP contribution is 2.40. The Morgan fingerprint density at radius 3 is 2.89 bits per heavy atom. The minimum atomic E-state index is -0.751. The van der Waals surface area contributed by atoms with E-state index >= 15 is 0 Å². The summed E-state index contributed by atoms with van der Waals surface area (Å²) in [4.78, 5) is 0. The molecule has 0 bridgehead atoms. The molecule has 1 aliphatic heterocycles. The fourth-order valence-electron chi connectivity index (χ4n) is 1.88. The van der Waals surface area contributed by atoms with Gasteiger partial charge in [0.1, 0.15) is 13.2 Å². The van der Waals surface area contributed by atoms with Crippen molar-refractivity contribution >= 4 is 0 Å². The standard InChI is InChI=1S/C13H19NO5/c1-17-11-4-9(6-14-7-10(16)8-15)5-12-13(11)19-3-2-18-12/h4-5,10,14-16H,2-3,6-8H2,1H3. The zero-order valence-corrected chi connectivity index (χ0v) is 10.9. The Balaban J connectivity index is 2.05. The summed E-state index contributed by atoms with van der Waals surface area (Å²) >= 11 is 0. The highest BCUT2D eigenvalue weighted by molar-refractivity contribution is 5.54. The second-order valence-electron chi connectivity index (χ2n) is 4.29. The van der Waals surface area contributed by atoms with Crippen LogP contribution in [-0.2, 0) is 6.54 Å². The van der Waals surface area contributed by atoms with E-state index in [1.54, 1.807) is 7.11 Å². The van der Waals surface area contributed by atoms with Crippen LogP contribution in [0.1, 0.15) is 5.56 Å². The van der Waals surface area contributed by atoms with Crippen LogP contribution >= 0.6 is 0 Å². The van der Waals surface area contributed by atoms with E-state index < -0.39 is 6.10 Å². The van der Waals surface area contributed by atoms with Crippen molar-refractivity contribution in [1.82, 2.24) is 5.32 Å². The second-order valence-corrected chi connectivity index (χ2v) is 4.29. The third-order valence-corrected chi connectivity index (χ3v) is 2.81. The Kier molecular flexibility index (Phi) is 4.84. The molecule has 1 heterocycles. The average molecular weight is 269 g/mol. The zero-order chi connectivity index (χ0) is 13.7. The van der Waals surface area contributed by atoms with Crippen molar-refractivity contribution in [2.24, 2.45) is 0 Å². The minimum absolute atomic E-state index is 0.253. The molecule has 0 fully saturated rings. The lowest BCUT2D eigenvalue weighted by atomic mass is 10.1. The van der Waals surface area contributed by atoms with Gasteiger partial charge in [0, 0.05) is 13.1 Å². The molecule has 1 atom stereocenters. The highest BCUT2D eigenvalue weighted by atomic mass is 16.6. The van der Waals surface area contributed by atoms with Gasteiger partial charge in [0.15, 0.2) is 11.5 Å². The van der Waals surface area contributed by atoms with Gasteiger partial charge in [0.25, 0.3) is 0 Å². The molecular weight excluding hydrogens is 250 g/mol. The minimum Gasteiger partial charge on any atom is -0.493 e. The van der Waals surface area contributed by atoms with Crippen LogP contribution in [0.15, 0.2) is 12.1 Å². The van der Waals surface area contributed by atoms with Gasteiger partial charge >= 0.3 is 0 Å². The van der Waals surface area contributed by atoms with Crippen LogP contribution in [0.3, 0.4) is 0 Å². The van der Waals surface area contributed by atoms with Crippen LogP contribution in [0, 0.1) is 0 Å². The maximum Gasteiger partial charge on any atom is 0.203 e. The van der Waals surface area contributed by atoms with Gasteiger partial charge in [-0.15, -0.1) is 0 Å². The summed E-state index contributed by atoms with van der Waals surface area (Å²) in [6, 6.07) is 3.75. The first-order valence-electron chi connectivity index (χ1n) is 6.20. The smallest absolute Gasteiger partial charge is 0.203 e. The number of rotatable bonds is 6. The molecule has 3 N–H and O–H groups in total. The highest BCUT2D eigenvalue weighted by Gasteiger charge is 2.18. The molecule has 106 valence electrons. The lowest BCUT2D eigenvalue weighted by Crippen LogP contribution is -2.29. The van der Waals surface area contributed by atoms with Gasteiger partial charge in [-0.25, -0.2) is 0 Å².